The van der Waals surface area contributed by atoms with Crippen LogP contribution in [0.15, 0.2) is 103 Å². The predicted molar refractivity (Wildman–Crippen MR) is 148 cm³/mol. The van der Waals surface area contributed by atoms with Crippen LogP contribution in [0.25, 0.3) is 0 Å². The Labute approximate surface area is 232 Å². The molecule has 0 saturated carbocycles. The number of carbonyl (C=O) groups excluding carboxylic acids is 2. The van der Waals surface area contributed by atoms with Gasteiger partial charge in [0.1, 0.15) is 19.3 Å². The van der Waals surface area contributed by atoms with Crippen molar-refractivity contribution in [3.63, 3.8) is 0 Å². The van der Waals surface area contributed by atoms with E-state index < -0.39 is 23.9 Å². The molecular weight excluding hydrogens is 510 g/mol. The van der Waals surface area contributed by atoms with Crippen LogP contribution in [-0.4, -0.2) is 36.1 Å². The van der Waals surface area contributed by atoms with Crippen LogP contribution < -0.4 is 14.8 Å². The first-order chi connectivity index (χ1) is 19.4. The number of ether oxygens (including phenoxy) is 3. The van der Waals surface area contributed by atoms with Crippen LogP contribution in [0.5, 0.6) is 11.5 Å². The van der Waals surface area contributed by atoms with E-state index in [-0.39, 0.29) is 17.5 Å². The molecule has 204 valence electrons. The lowest BCUT2D eigenvalue weighted by Gasteiger charge is -2.18. The molecule has 0 radical (unpaired) electrons. The van der Waals surface area contributed by atoms with Crippen molar-refractivity contribution >= 4 is 17.8 Å². The Balaban J connectivity index is 1.51. The second-order valence-corrected chi connectivity index (χ2v) is 8.97. The van der Waals surface area contributed by atoms with Crippen LogP contribution in [0.2, 0.25) is 0 Å². The van der Waals surface area contributed by atoms with E-state index in [1.54, 1.807) is 18.2 Å². The van der Waals surface area contributed by atoms with Crippen LogP contribution >= 0.6 is 0 Å². The fourth-order valence-electron chi connectivity index (χ4n) is 3.96. The molecule has 4 aromatic carbocycles. The summed E-state index contributed by atoms with van der Waals surface area (Å²) < 4.78 is 16.8. The summed E-state index contributed by atoms with van der Waals surface area (Å²) in [5, 5.41) is 12.4. The van der Waals surface area contributed by atoms with Crippen molar-refractivity contribution in [2.75, 3.05) is 7.11 Å². The topological polar surface area (TPSA) is 111 Å². The monoisotopic (exact) mass is 539 g/mol. The first-order valence-electron chi connectivity index (χ1n) is 12.6. The van der Waals surface area contributed by atoms with E-state index in [1.165, 1.54) is 31.4 Å². The molecule has 1 amide bonds. The van der Waals surface area contributed by atoms with E-state index >= 15 is 0 Å². The van der Waals surface area contributed by atoms with Crippen LogP contribution in [0, 0.1) is 0 Å². The maximum Gasteiger partial charge on any atom is 0.337 e. The Morgan fingerprint density at radius 2 is 1.30 bits per heavy atom. The molecule has 0 aromatic heterocycles. The second-order valence-electron chi connectivity index (χ2n) is 8.97. The third kappa shape index (κ3) is 7.70. The molecule has 0 aliphatic heterocycles. The standard InChI is InChI=1S/C32H29NO7/c1-38-32(37)26-14-8-13-25(19-26)30(34)33-27(31(35)36)17-24-15-16-28(39-20-22-9-4-2-5-10-22)29(18-24)40-21-23-11-6-3-7-12-23/h2-16,18-19,27H,17,20-21H2,1H3,(H,33,34)(H,35,36)/t27-/m1/s1. The molecule has 0 unspecified atom stereocenters. The lowest BCUT2D eigenvalue weighted by atomic mass is 10.0. The number of hydrogen-bond acceptors (Lipinski definition) is 6. The Bertz CT molecular complexity index is 1450. The minimum atomic E-state index is -1.23. The molecule has 0 saturated heterocycles. The van der Waals surface area contributed by atoms with E-state index in [2.05, 4.69) is 5.32 Å². The van der Waals surface area contributed by atoms with Gasteiger partial charge in [0, 0.05) is 12.0 Å². The highest BCUT2D eigenvalue weighted by atomic mass is 16.5. The number of carboxylic acid groups (broad SMARTS) is 1. The zero-order chi connectivity index (χ0) is 28.3. The number of esters is 1. The van der Waals surface area contributed by atoms with Crippen molar-refractivity contribution in [1.29, 1.82) is 0 Å². The lowest BCUT2D eigenvalue weighted by molar-refractivity contribution is -0.139. The van der Waals surface area contributed by atoms with E-state index in [0.29, 0.717) is 30.3 Å². The number of amides is 1. The largest absolute Gasteiger partial charge is 0.485 e. The van der Waals surface area contributed by atoms with Gasteiger partial charge in [-0.1, -0.05) is 72.8 Å². The van der Waals surface area contributed by atoms with Crippen molar-refractivity contribution in [2.24, 2.45) is 0 Å². The molecule has 0 fully saturated rings. The Kier molecular flexibility index (Phi) is 9.50. The molecule has 40 heavy (non-hydrogen) atoms. The Hall–Kier alpha value is -5.11. The predicted octanol–water partition coefficient (Wildman–Crippen LogP) is 5.06. The zero-order valence-corrected chi connectivity index (χ0v) is 21.9. The first-order valence-corrected chi connectivity index (χ1v) is 12.6. The lowest BCUT2D eigenvalue weighted by Crippen LogP contribution is -2.42. The summed E-state index contributed by atoms with van der Waals surface area (Å²) >= 11 is 0. The molecule has 4 aromatic rings. The Morgan fingerprint density at radius 1 is 0.700 bits per heavy atom. The van der Waals surface area contributed by atoms with Gasteiger partial charge < -0.3 is 24.6 Å². The average Bonchev–Trinajstić information content (AvgIpc) is 2.99. The van der Waals surface area contributed by atoms with Gasteiger partial charge in [-0.25, -0.2) is 9.59 Å². The minimum Gasteiger partial charge on any atom is -0.485 e. The molecule has 8 heteroatoms. The third-order valence-corrected chi connectivity index (χ3v) is 6.07. The van der Waals surface area contributed by atoms with E-state index in [1.807, 2.05) is 60.7 Å². The smallest absolute Gasteiger partial charge is 0.337 e. The van der Waals surface area contributed by atoms with Gasteiger partial charge in [-0.15, -0.1) is 0 Å². The van der Waals surface area contributed by atoms with Gasteiger partial charge in [-0.2, -0.15) is 0 Å². The molecule has 0 aliphatic rings. The van der Waals surface area contributed by atoms with Crippen molar-refractivity contribution in [1.82, 2.24) is 5.32 Å². The highest BCUT2D eigenvalue weighted by molar-refractivity contribution is 5.99. The zero-order valence-electron chi connectivity index (χ0n) is 21.9. The number of rotatable bonds is 12. The van der Waals surface area contributed by atoms with E-state index in [4.69, 9.17) is 14.2 Å². The van der Waals surface area contributed by atoms with E-state index in [9.17, 15) is 19.5 Å². The number of hydrogen-bond donors (Lipinski definition) is 2. The summed E-state index contributed by atoms with van der Waals surface area (Å²) in [7, 11) is 1.24. The van der Waals surface area contributed by atoms with Gasteiger partial charge in [0.15, 0.2) is 11.5 Å². The average molecular weight is 540 g/mol. The Morgan fingerprint density at radius 3 is 1.90 bits per heavy atom. The van der Waals surface area contributed by atoms with Gasteiger partial charge in [0.05, 0.1) is 12.7 Å². The molecule has 1 atom stereocenters. The highest BCUT2D eigenvalue weighted by Crippen LogP contribution is 2.30. The van der Waals surface area contributed by atoms with Crippen LogP contribution in [-0.2, 0) is 29.2 Å². The number of carboxylic acids is 1. The molecule has 0 aliphatic carbocycles. The van der Waals surface area contributed by atoms with Gasteiger partial charge in [-0.05, 0) is 47.0 Å². The highest BCUT2D eigenvalue weighted by Gasteiger charge is 2.23. The molecule has 4 rings (SSSR count). The van der Waals surface area contributed by atoms with Crippen molar-refractivity contribution in [2.45, 2.75) is 25.7 Å². The molecular formula is C32H29NO7. The summed E-state index contributed by atoms with van der Waals surface area (Å²) in [4.78, 5) is 36.7. The molecule has 2 N–H and O–H groups in total. The summed E-state index contributed by atoms with van der Waals surface area (Å²) in [6.07, 6.45) is -0.00156. The summed E-state index contributed by atoms with van der Waals surface area (Å²) in [5.41, 5.74) is 2.92. The number of methoxy groups -OCH3 is 1. The first kappa shape index (κ1) is 27.9. The molecule has 0 spiro atoms. The molecule has 8 nitrogen and oxygen atoms in total. The fraction of sp³-hybridized carbons (Fsp3) is 0.156. The van der Waals surface area contributed by atoms with Gasteiger partial charge in [0.25, 0.3) is 5.91 Å². The van der Waals surface area contributed by atoms with Crippen LogP contribution in [0.3, 0.4) is 0 Å². The van der Waals surface area contributed by atoms with Crippen LogP contribution in [0.1, 0.15) is 37.4 Å². The number of carbonyl (C=O) groups is 3. The van der Waals surface area contributed by atoms with E-state index in [0.717, 1.165) is 11.1 Å². The summed E-state index contributed by atoms with van der Waals surface area (Å²) in [6.45, 7) is 0.627. The van der Waals surface area contributed by atoms with Gasteiger partial charge in [0.2, 0.25) is 0 Å². The number of nitrogens with one attached hydrogen (secondary N) is 1. The third-order valence-electron chi connectivity index (χ3n) is 6.07. The number of aliphatic carboxylic acids is 1. The minimum absolute atomic E-state index is 0.00156. The quantitative estimate of drug-likeness (QED) is 0.242. The molecule has 0 bridgehead atoms. The second kappa shape index (κ2) is 13.6. The SMILES string of the molecule is COC(=O)c1cccc(C(=O)N[C@H](Cc2ccc(OCc3ccccc3)c(OCc3ccccc3)c2)C(=O)O)c1. The van der Waals surface area contributed by atoms with Crippen molar-refractivity contribution in [3.05, 3.63) is 131 Å². The van der Waals surface area contributed by atoms with Crippen molar-refractivity contribution < 1.29 is 33.7 Å². The normalized spacial score (nSPS) is 11.2. The molecule has 0 heterocycles. The van der Waals surface area contributed by atoms with Gasteiger partial charge in [-0.3, -0.25) is 4.79 Å². The van der Waals surface area contributed by atoms with Crippen LogP contribution in [0.4, 0.5) is 0 Å². The van der Waals surface area contributed by atoms with Gasteiger partial charge >= 0.3 is 11.9 Å². The maximum atomic E-state index is 12.8. The summed E-state index contributed by atoms with van der Waals surface area (Å²) in [6, 6.07) is 29.2. The summed E-state index contributed by atoms with van der Waals surface area (Å²) in [5.74, 6) is -1.45. The maximum absolute atomic E-state index is 12.8. The number of benzene rings is 4. The van der Waals surface area contributed by atoms with Crippen molar-refractivity contribution in [3.8, 4) is 11.5 Å². The fourth-order valence-corrected chi connectivity index (χ4v) is 3.96.